The molecule has 0 aromatic rings. The van der Waals surface area contributed by atoms with Gasteiger partial charge in [0.1, 0.15) is 13.2 Å². The largest absolute Gasteiger partial charge is 0.462 e. The van der Waals surface area contributed by atoms with Crippen molar-refractivity contribution in [2.45, 2.75) is 271 Å². The lowest BCUT2D eigenvalue weighted by Crippen LogP contribution is -2.30. The number of ether oxygens (including phenoxy) is 3. The molecule has 0 N–H and O–H groups in total. The van der Waals surface area contributed by atoms with Gasteiger partial charge in [0.2, 0.25) is 0 Å². The predicted octanol–water partition coefficient (Wildman–Crippen LogP) is 21.0. The number of esters is 3. The van der Waals surface area contributed by atoms with Crippen LogP contribution in [0.3, 0.4) is 0 Å². The maximum atomic E-state index is 12.9. The molecular weight excluding hydrogens is 925 g/mol. The smallest absolute Gasteiger partial charge is 0.306 e. The number of unbranched alkanes of at least 4 members (excludes halogenated alkanes) is 21. The molecule has 0 radical (unpaired) electrons. The van der Waals surface area contributed by atoms with Gasteiger partial charge in [-0.25, -0.2) is 0 Å². The summed E-state index contributed by atoms with van der Waals surface area (Å²) in [5, 5.41) is 0. The molecule has 6 heteroatoms. The molecule has 0 saturated heterocycles. The molecule has 6 nitrogen and oxygen atoms in total. The molecule has 0 bridgehead atoms. The van der Waals surface area contributed by atoms with Crippen LogP contribution in [0.15, 0.2) is 134 Å². The van der Waals surface area contributed by atoms with Crippen molar-refractivity contribution in [3.05, 3.63) is 134 Å². The number of rotatable bonds is 54. The summed E-state index contributed by atoms with van der Waals surface area (Å²) in [6, 6.07) is 0. The van der Waals surface area contributed by atoms with Crippen LogP contribution in [0.2, 0.25) is 0 Å². The zero-order valence-corrected chi connectivity index (χ0v) is 48.5. The van der Waals surface area contributed by atoms with E-state index in [-0.39, 0.29) is 37.5 Å². The highest BCUT2D eigenvalue weighted by molar-refractivity contribution is 5.71. The number of carbonyl (C=O) groups is 3. The van der Waals surface area contributed by atoms with E-state index in [9.17, 15) is 14.4 Å². The molecule has 0 aliphatic heterocycles. The second kappa shape index (κ2) is 62.1. The molecule has 0 aromatic carbocycles. The van der Waals surface area contributed by atoms with Crippen molar-refractivity contribution in [2.24, 2.45) is 0 Å². The summed E-state index contributed by atoms with van der Waals surface area (Å²) in [5.74, 6) is -0.980. The Bertz CT molecular complexity index is 1620. The molecule has 1 atom stereocenters. The first-order chi connectivity index (χ1) is 37.0. The van der Waals surface area contributed by atoms with E-state index in [1.54, 1.807) is 0 Å². The Balaban J connectivity index is 4.44. The minimum absolute atomic E-state index is 0.103. The van der Waals surface area contributed by atoms with Crippen molar-refractivity contribution < 1.29 is 28.6 Å². The van der Waals surface area contributed by atoms with Crippen LogP contribution in [-0.4, -0.2) is 37.2 Å². The Labute approximate surface area is 462 Å². The van der Waals surface area contributed by atoms with E-state index in [0.717, 1.165) is 128 Å². The Morgan fingerprint density at radius 2 is 0.533 bits per heavy atom. The maximum absolute atomic E-state index is 12.9. The molecule has 0 fully saturated rings. The van der Waals surface area contributed by atoms with Gasteiger partial charge in [0, 0.05) is 19.3 Å². The van der Waals surface area contributed by atoms with Gasteiger partial charge in [-0.1, -0.05) is 264 Å². The molecule has 0 spiro atoms. The van der Waals surface area contributed by atoms with Crippen LogP contribution >= 0.6 is 0 Å². The predicted molar refractivity (Wildman–Crippen MR) is 325 cm³/mol. The van der Waals surface area contributed by atoms with Gasteiger partial charge < -0.3 is 14.2 Å². The molecule has 424 valence electrons. The first kappa shape index (κ1) is 70.5. The molecule has 0 aliphatic rings. The second-order valence-corrected chi connectivity index (χ2v) is 19.9. The zero-order valence-electron chi connectivity index (χ0n) is 48.5. The lowest BCUT2D eigenvalue weighted by Gasteiger charge is -2.18. The summed E-state index contributed by atoms with van der Waals surface area (Å²) >= 11 is 0. The van der Waals surface area contributed by atoms with Gasteiger partial charge >= 0.3 is 17.9 Å². The van der Waals surface area contributed by atoms with Crippen molar-refractivity contribution in [1.82, 2.24) is 0 Å². The third kappa shape index (κ3) is 60.3. The fourth-order valence-electron chi connectivity index (χ4n) is 8.06. The van der Waals surface area contributed by atoms with Gasteiger partial charge in [-0.3, -0.25) is 14.4 Å². The maximum Gasteiger partial charge on any atom is 0.306 e. The Kier molecular flexibility index (Phi) is 58.4. The number of hydrogen-bond donors (Lipinski definition) is 0. The molecule has 0 saturated carbocycles. The van der Waals surface area contributed by atoms with E-state index in [1.165, 1.54) is 89.9 Å². The molecule has 75 heavy (non-hydrogen) atoms. The topological polar surface area (TPSA) is 78.9 Å². The fourth-order valence-corrected chi connectivity index (χ4v) is 8.06. The number of hydrogen-bond acceptors (Lipinski definition) is 6. The van der Waals surface area contributed by atoms with Crippen LogP contribution in [0.1, 0.15) is 265 Å². The average molecular weight is 1040 g/mol. The van der Waals surface area contributed by atoms with Gasteiger partial charge in [-0.2, -0.15) is 0 Å². The van der Waals surface area contributed by atoms with Gasteiger partial charge in [0.15, 0.2) is 6.10 Å². The average Bonchev–Trinajstić information content (AvgIpc) is 3.41. The molecule has 0 aromatic heterocycles. The fraction of sp³-hybridized carbons (Fsp3) is 0.638. The van der Waals surface area contributed by atoms with Crippen LogP contribution in [0, 0.1) is 0 Å². The van der Waals surface area contributed by atoms with Gasteiger partial charge in [0.05, 0.1) is 0 Å². The number of allylic oxidation sites excluding steroid dienone is 22. The van der Waals surface area contributed by atoms with E-state index in [4.69, 9.17) is 14.2 Å². The first-order valence-corrected chi connectivity index (χ1v) is 30.7. The van der Waals surface area contributed by atoms with Crippen molar-refractivity contribution in [2.75, 3.05) is 13.2 Å². The van der Waals surface area contributed by atoms with E-state index in [2.05, 4.69) is 154 Å². The monoisotopic (exact) mass is 1040 g/mol. The normalized spacial score (nSPS) is 13.1. The van der Waals surface area contributed by atoms with Crippen LogP contribution in [0.25, 0.3) is 0 Å². The minimum Gasteiger partial charge on any atom is -0.462 e. The third-order valence-corrected chi connectivity index (χ3v) is 12.6. The van der Waals surface area contributed by atoms with Gasteiger partial charge in [0.25, 0.3) is 0 Å². The Morgan fingerprint density at radius 3 is 0.893 bits per heavy atom. The zero-order chi connectivity index (χ0) is 54.3. The Hall–Kier alpha value is -4.45. The summed E-state index contributed by atoms with van der Waals surface area (Å²) in [6.07, 6.45) is 87.4. The van der Waals surface area contributed by atoms with E-state index >= 15 is 0 Å². The molecule has 1 unspecified atom stereocenters. The van der Waals surface area contributed by atoms with Crippen molar-refractivity contribution in [1.29, 1.82) is 0 Å². The Morgan fingerprint density at radius 1 is 0.280 bits per heavy atom. The van der Waals surface area contributed by atoms with Crippen molar-refractivity contribution in [3.8, 4) is 0 Å². The molecular formula is C69H112O6. The summed E-state index contributed by atoms with van der Waals surface area (Å²) < 4.78 is 16.8. The summed E-state index contributed by atoms with van der Waals surface area (Å²) in [4.78, 5) is 38.2. The summed E-state index contributed by atoms with van der Waals surface area (Å²) in [6.45, 7) is 6.44. The minimum atomic E-state index is -0.812. The van der Waals surface area contributed by atoms with E-state index < -0.39 is 6.10 Å². The van der Waals surface area contributed by atoms with Crippen LogP contribution in [0.4, 0.5) is 0 Å². The molecule has 0 amide bonds. The van der Waals surface area contributed by atoms with Gasteiger partial charge in [-0.05, 0) is 116 Å². The first-order valence-electron chi connectivity index (χ1n) is 30.7. The third-order valence-electron chi connectivity index (χ3n) is 12.6. The molecule has 0 rings (SSSR count). The highest BCUT2D eigenvalue weighted by Crippen LogP contribution is 2.15. The van der Waals surface area contributed by atoms with Crippen molar-refractivity contribution in [3.63, 3.8) is 0 Å². The van der Waals surface area contributed by atoms with Crippen LogP contribution in [0.5, 0.6) is 0 Å². The standard InChI is InChI=1S/C69H112O6/c1-4-7-10-13-16-19-22-25-27-28-29-30-31-32-33-34-35-36-37-38-39-40-42-44-47-50-53-56-59-62-68(71)74-65-66(64-73-67(70)61-58-55-52-49-46-43-24-21-18-15-12-9-6-3)75-69(72)63-60-57-54-51-48-45-41-26-23-20-17-14-11-8-5-2/h7,10,16-17,19-20,25-27,29-30,32-33,35-36,38-39,41-42,44,50,53,66H,4-6,8-9,11-15,18,21-24,28,31,34,37,40,43,45-49,51-52,54-65H2,1-3H3/b10-7-,19-16-,20-17-,27-25-,30-29-,33-32-,36-35-,39-38-,41-26-,44-42-,53-50-. The molecule has 0 aliphatic carbocycles. The lowest BCUT2D eigenvalue weighted by atomic mass is 10.0. The van der Waals surface area contributed by atoms with Gasteiger partial charge in [-0.15, -0.1) is 0 Å². The van der Waals surface area contributed by atoms with Crippen LogP contribution < -0.4 is 0 Å². The van der Waals surface area contributed by atoms with E-state index in [1.807, 2.05) is 0 Å². The molecule has 0 heterocycles. The summed E-state index contributed by atoms with van der Waals surface area (Å²) in [7, 11) is 0. The second-order valence-electron chi connectivity index (χ2n) is 19.9. The van der Waals surface area contributed by atoms with Crippen LogP contribution in [-0.2, 0) is 28.6 Å². The van der Waals surface area contributed by atoms with E-state index in [0.29, 0.717) is 19.3 Å². The number of carbonyl (C=O) groups excluding carboxylic acids is 3. The lowest BCUT2D eigenvalue weighted by molar-refractivity contribution is -0.167. The highest BCUT2D eigenvalue weighted by Gasteiger charge is 2.19. The highest BCUT2D eigenvalue weighted by atomic mass is 16.6. The SMILES string of the molecule is CC/C=C\C/C=C\C/C=C\C/C=C\C/C=C\C/C=C\C/C=C\C/C=C\C/C=C\CCCC(=O)OCC(COC(=O)CCCCCCCCCCCCCCC)OC(=O)CCCCCCC/C=C\C/C=C\CCCCC. The quantitative estimate of drug-likeness (QED) is 0.0261. The summed E-state index contributed by atoms with van der Waals surface area (Å²) in [5.41, 5.74) is 0. The van der Waals surface area contributed by atoms with Crippen molar-refractivity contribution >= 4 is 17.9 Å².